The van der Waals surface area contributed by atoms with Crippen molar-refractivity contribution in [3.8, 4) is 0 Å². The van der Waals surface area contributed by atoms with Crippen LogP contribution in [0, 0.1) is 0 Å². The Morgan fingerprint density at radius 3 is 2.48 bits per heavy atom. The molecule has 0 spiro atoms. The molecule has 120 valence electrons. The second-order valence-electron chi connectivity index (χ2n) is 6.96. The van der Waals surface area contributed by atoms with E-state index in [-0.39, 0.29) is 5.41 Å². The largest absolute Gasteiger partial charge is 0.384 e. The van der Waals surface area contributed by atoms with Crippen molar-refractivity contribution >= 4 is 11.6 Å². The summed E-state index contributed by atoms with van der Waals surface area (Å²) in [6.45, 7) is 12.7. The minimum Gasteiger partial charge on any atom is -0.384 e. The van der Waals surface area contributed by atoms with Crippen LogP contribution in [0.4, 0.5) is 11.6 Å². The van der Waals surface area contributed by atoms with E-state index >= 15 is 0 Å². The molecule has 0 aliphatic carbocycles. The Bertz CT molecular complexity index is 437. The van der Waals surface area contributed by atoms with Crippen molar-refractivity contribution in [3.05, 3.63) is 11.9 Å². The average molecular weight is 293 g/mol. The monoisotopic (exact) mass is 293 g/mol. The molecular weight excluding hydrogens is 262 g/mol. The molecule has 0 fully saturated rings. The van der Waals surface area contributed by atoms with Gasteiger partial charge in [0.25, 0.3) is 0 Å². The highest BCUT2D eigenvalue weighted by Crippen LogP contribution is 2.21. The van der Waals surface area contributed by atoms with Crippen LogP contribution < -0.4 is 11.1 Å². The number of hydrogen-bond donors (Lipinski definition) is 2. The molecule has 0 aromatic carbocycles. The number of hydrogen-bond acceptors (Lipinski definition) is 5. The average Bonchev–Trinajstić information content (AvgIpc) is 2.36. The molecule has 1 aromatic heterocycles. The maximum Gasteiger partial charge on any atom is 0.138 e. The number of nitrogens with zero attached hydrogens (tertiary/aromatic N) is 3. The first-order valence-electron chi connectivity index (χ1n) is 7.79. The van der Waals surface area contributed by atoms with Gasteiger partial charge in [-0.15, -0.1) is 0 Å². The van der Waals surface area contributed by atoms with Gasteiger partial charge in [-0.2, -0.15) is 0 Å². The van der Waals surface area contributed by atoms with E-state index in [9.17, 15) is 0 Å². The van der Waals surface area contributed by atoms with E-state index in [4.69, 9.17) is 5.73 Å². The predicted octanol–water partition coefficient (Wildman–Crippen LogP) is 2.89. The predicted molar refractivity (Wildman–Crippen MR) is 90.6 cm³/mol. The van der Waals surface area contributed by atoms with Gasteiger partial charge in [0.2, 0.25) is 0 Å². The van der Waals surface area contributed by atoms with Crippen LogP contribution in [-0.4, -0.2) is 41.0 Å². The number of rotatable bonds is 7. The Morgan fingerprint density at radius 2 is 1.90 bits per heavy atom. The number of anilines is 2. The zero-order valence-corrected chi connectivity index (χ0v) is 14.4. The standard InChI is InChI=1S/C16H31N5/c1-12(2)21(6)10-8-7-9-18-14-11-13(17)19-15(20-14)16(3,4)5/h11-12H,7-10H2,1-6H3,(H3,17,18,19,20). The fourth-order valence-corrected chi connectivity index (χ4v) is 1.85. The van der Waals surface area contributed by atoms with Crippen LogP contribution in [-0.2, 0) is 5.41 Å². The molecule has 1 rings (SSSR count). The normalized spacial score (nSPS) is 12.2. The lowest BCUT2D eigenvalue weighted by molar-refractivity contribution is 0.269. The number of nitrogens with two attached hydrogens (primary N) is 1. The van der Waals surface area contributed by atoms with E-state index in [2.05, 4.69) is 61.9 Å². The summed E-state index contributed by atoms with van der Waals surface area (Å²) in [7, 11) is 2.17. The fraction of sp³-hybridized carbons (Fsp3) is 0.750. The summed E-state index contributed by atoms with van der Waals surface area (Å²) in [5.74, 6) is 2.13. The van der Waals surface area contributed by atoms with Crippen molar-refractivity contribution < 1.29 is 0 Å². The smallest absolute Gasteiger partial charge is 0.138 e. The molecule has 0 aliphatic rings. The lowest BCUT2D eigenvalue weighted by Crippen LogP contribution is -2.27. The third kappa shape index (κ3) is 6.29. The lowest BCUT2D eigenvalue weighted by Gasteiger charge is -2.21. The Hall–Kier alpha value is -1.36. The number of nitrogens with one attached hydrogen (secondary N) is 1. The molecule has 0 saturated heterocycles. The highest BCUT2D eigenvalue weighted by atomic mass is 15.1. The number of unbranched alkanes of at least 4 members (excludes halogenated alkanes) is 1. The highest BCUT2D eigenvalue weighted by molar-refractivity contribution is 5.45. The Labute approximate surface area is 129 Å². The second-order valence-corrected chi connectivity index (χ2v) is 6.96. The van der Waals surface area contributed by atoms with E-state index in [0.717, 1.165) is 31.2 Å². The van der Waals surface area contributed by atoms with Crippen LogP contribution >= 0.6 is 0 Å². The summed E-state index contributed by atoms with van der Waals surface area (Å²) >= 11 is 0. The summed E-state index contributed by atoms with van der Waals surface area (Å²) in [5.41, 5.74) is 5.77. The van der Waals surface area contributed by atoms with Crippen molar-refractivity contribution in [2.24, 2.45) is 0 Å². The minimum atomic E-state index is -0.0915. The van der Waals surface area contributed by atoms with Crippen molar-refractivity contribution in [2.75, 3.05) is 31.2 Å². The first-order valence-corrected chi connectivity index (χ1v) is 7.79. The van der Waals surface area contributed by atoms with Crippen LogP contribution in [0.1, 0.15) is 53.3 Å². The molecule has 0 atom stereocenters. The Morgan fingerprint density at radius 1 is 1.24 bits per heavy atom. The molecule has 5 nitrogen and oxygen atoms in total. The summed E-state index contributed by atoms with van der Waals surface area (Å²) in [6.07, 6.45) is 2.29. The first-order chi connectivity index (χ1) is 9.70. The van der Waals surface area contributed by atoms with Gasteiger partial charge in [-0.3, -0.25) is 0 Å². The van der Waals surface area contributed by atoms with Gasteiger partial charge in [-0.05, 0) is 40.3 Å². The van der Waals surface area contributed by atoms with E-state index < -0.39 is 0 Å². The second kappa shape index (κ2) is 7.59. The summed E-state index contributed by atoms with van der Waals surface area (Å²) < 4.78 is 0. The molecule has 5 heteroatoms. The van der Waals surface area contributed by atoms with E-state index in [1.54, 1.807) is 6.07 Å². The topological polar surface area (TPSA) is 67.1 Å². The maximum atomic E-state index is 5.86. The zero-order valence-electron chi connectivity index (χ0n) is 14.4. The highest BCUT2D eigenvalue weighted by Gasteiger charge is 2.18. The lowest BCUT2D eigenvalue weighted by atomic mass is 9.96. The summed E-state index contributed by atoms with van der Waals surface area (Å²) in [6, 6.07) is 2.41. The summed E-state index contributed by atoms with van der Waals surface area (Å²) in [4.78, 5) is 11.2. The molecular formula is C16H31N5. The van der Waals surface area contributed by atoms with Crippen LogP contribution in [0.2, 0.25) is 0 Å². The van der Waals surface area contributed by atoms with Gasteiger partial charge in [0.15, 0.2) is 0 Å². The van der Waals surface area contributed by atoms with Gasteiger partial charge in [0.1, 0.15) is 17.5 Å². The van der Waals surface area contributed by atoms with Crippen molar-refractivity contribution in [1.29, 1.82) is 0 Å². The molecule has 0 bridgehead atoms. The minimum absolute atomic E-state index is 0.0915. The van der Waals surface area contributed by atoms with Crippen LogP contribution in [0.3, 0.4) is 0 Å². The first kappa shape index (κ1) is 17.7. The van der Waals surface area contributed by atoms with Crippen molar-refractivity contribution in [1.82, 2.24) is 14.9 Å². The molecule has 0 radical (unpaired) electrons. The molecule has 0 saturated carbocycles. The van der Waals surface area contributed by atoms with Crippen LogP contribution in [0.25, 0.3) is 0 Å². The van der Waals surface area contributed by atoms with Gasteiger partial charge in [-0.25, -0.2) is 9.97 Å². The Kier molecular flexibility index (Phi) is 6.40. The van der Waals surface area contributed by atoms with E-state index in [1.165, 1.54) is 6.42 Å². The molecule has 0 amide bonds. The van der Waals surface area contributed by atoms with Gasteiger partial charge < -0.3 is 16.0 Å². The van der Waals surface area contributed by atoms with Gasteiger partial charge in [-0.1, -0.05) is 20.8 Å². The van der Waals surface area contributed by atoms with E-state index in [0.29, 0.717) is 11.9 Å². The molecule has 21 heavy (non-hydrogen) atoms. The van der Waals surface area contributed by atoms with Gasteiger partial charge in [0.05, 0.1) is 0 Å². The molecule has 0 unspecified atom stereocenters. The Balaban J connectivity index is 2.44. The zero-order chi connectivity index (χ0) is 16.0. The third-order valence-corrected chi connectivity index (χ3v) is 3.54. The molecule has 0 aliphatic heterocycles. The van der Waals surface area contributed by atoms with E-state index in [1.807, 2.05) is 0 Å². The maximum absolute atomic E-state index is 5.86. The molecule has 3 N–H and O–H groups in total. The third-order valence-electron chi connectivity index (χ3n) is 3.54. The van der Waals surface area contributed by atoms with Crippen molar-refractivity contribution in [2.45, 2.75) is 58.9 Å². The van der Waals surface area contributed by atoms with Gasteiger partial charge in [0, 0.05) is 24.1 Å². The molecule has 1 heterocycles. The summed E-state index contributed by atoms with van der Waals surface area (Å²) in [5, 5.41) is 3.35. The molecule has 1 aromatic rings. The SMILES string of the molecule is CC(C)N(C)CCCCNc1cc(N)nc(C(C)(C)C)n1. The quantitative estimate of drug-likeness (QED) is 0.757. The fourth-order valence-electron chi connectivity index (χ4n) is 1.85. The van der Waals surface area contributed by atoms with Crippen molar-refractivity contribution in [3.63, 3.8) is 0 Å². The van der Waals surface area contributed by atoms with Gasteiger partial charge >= 0.3 is 0 Å². The number of aromatic nitrogens is 2. The van der Waals surface area contributed by atoms with Crippen LogP contribution in [0.5, 0.6) is 0 Å². The van der Waals surface area contributed by atoms with Crippen LogP contribution in [0.15, 0.2) is 6.07 Å². The number of nitrogen functional groups attached to an aromatic ring is 1.